The van der Waals surface area contributed by atoms with Gasteiger partial charge in [0.25, 0.3) is 0 Å². The molecule has 5 heteroatoms. The Bertz CT molecular complexity index is 620. The van der Waals surface area contributed by atoms with Crippen LogP contribution in [0, 0.1) is 17.7 Å². The normalized spacial score (nSPS) is 25.7. The molecule has 1 heterocycles. The molecule has 0 unspecified atom stereocenters. The molecule has 2 fully saturated rings. The number of carbonyl (C=O) groups excluding carboxylic acids is 1. The molecular weight excluding hydrogens is 334 g/mol. The Balaban J connectivity index is 0.00000243. The fourth-order valence-electron chi connectivity index (χ4n) is 3.73. The molecule has 2 aliphatic rings. The molecule has 146 valence electrons. The van der Waals surface area contributed by atoms with Crippen molar-refractivity contribution in [1.29, 1.82) is 0 Å². The zero-order valence-electron chi connectivity index (χ0n) is 15.2. The Morgan fingerprint density at radius 2 is 1.96 bits per heavy atom. The predicted octanol–water partition coefficient (Wildman–Crippen LogP) is 4.40. The lowest BCUT2D eigenvalue weighted by Gasteiger charge is -2.41. The third kappa shape index (κ3) is 4.61. The maximum atomic E-state index is 15.0. The van der Waals surface area contributed by atoms with Gasteiger partial charge in [0.2, 0.25) is 5.91 Å². The van der Waals surface area contributed by atoms with Crippen molar-refractivity contribution in [3.8, 4) is 0 Å². The fraction of sp³-hybridized carbons (Fsp3) is 0.667. The summed E-state index contributed by atoms with van der Waals surface area (Å²) in [7, 11) is 0. The number of nitrogens with zero attached hydrogens (tertiary/aromatic N) is 1. The van der Waals surface area contributed by atoms with E-state index in [0.717, 1.165) is 25.9 Å². The third-order valence-corrected chi connectivity index (χ3v) is 5.36. The van der Waals surface area contributed by atoms with E-state index in [1.807, 2.05) is 13.8 Å². The maximum Gasteiger partial charge on any atom is 0.223 e. The van der Waals surface area contributed by atoms with Crippen molar-refractivity contribution in [2.45, 2.75) is 59.2 Å². The van der Waals surface area contributed by atoms with Crippen molar-refractivity contribution in [3.05, 3.63) is 35.1 Å². The number of likely N-dealkylation sites (tertiary alicyclic amines) is 1. The molecule has 0 spiro atoms. The SMILES string of the molecule is C.CC(C)CNC(=O)C1CC(F)(c2ccc(CN3CCCC3)c(F)c2)C1. The molecule has 1 saturated heterocycles. The van der Waals surface area contributed by atoms with E-state index in [9.17, 15) is 9.18 Å². The van der Waals surface area contributed by atoms with Gasteiger partial charge < -0.3 is 5.32 Å². The molecule has 3 rings (SSSR count). The van der Waals surface area contributed by atoms with Gasteiger partial charge in [-0.3, -0.25) is 9.69 Å². The third-order valence-electron chi connectivity index (χ3n) is 5.36. The second-order valence-corrected chi connectivity index (χ2v) is 8.00. The Morgan fingerprint density at radius 3 is 2.54 bits per heavy atom. The molecule has 1 saturated carbocycles. The van der Waals surface area contributed by atoms with Crippen LogP contribution in [-0.2, 0) is 17.0 Å². The monoisotopic (exact) mass is 366 g/mol. The van der Waals surface area contributed by atoms with Crippen LogP contribution in [0.15, 0.2) is 18.2 Å². The average Bonchev–Trinajstić information content (AvgIpc) is 3.04. The first-order valence-electron chi connectivity index (χ1n) is 9.35. The quantitative estimate of drug-likeness (QED) is 0.809. The van der Waals surface area contributed by atoms with Crippen LogP contribution in [0.5, 0.6) is 0 Å². The molecule has 26 heavy (non-hydrogen) atoms. The van der Waals surface area contributed by atoms with Gasteiger partial charge in [-0.2, -0.15) is 0 Å². The van der Waals surface area contributed by atoms with Crippen LogP contribution < -0.4 is 5.32 Å². The first kappa shape index (κ1) is 20.8. The number of amides is 1. The summed E-state index contributed by atoms with van der Waals surface area (Å²) in [6, 6.07) is 4.72. The Kier molecular flexibility index (Phi) is 6.78. The lowest BCUT2D eigenvalue weighted by Crippen LogP contribution is -2.46. The van der Waals surface area contributed by atoms with Gasteiger partial charge >= 0.3 is 0 Å². The van der Waals surface area contributed by atoms with Gasteiger partial charge in [-0.25, -0.2) is 8.78 Å². The number of rotatable bonds is 6. The molecule has 0 atom stereocenters. The molecule has 1 N–H and O–H groups in total. The van der Waals surface area contributed by atoms with Crippen LogP contribution in [0.25, 0.3) is 0 Å². The van der Waals surface area contributed by atoms with Crippen molar-refractivity contribution in [3.63, 3.8) is 0 Å². The molecule has 1 aliphatic heterocycles. The minimum absolute atomic E-state index is 0. The van der Waals surface area contributed by atoms with E-state index in [1.165, 1.54) is 6.07 Å². The predicted molar refractivity (Wildman–Crippen MR) is 101 cm³/mol. The average molecular weight is 366 g/mol. The summed E-state index contributed by atoms with van der Waals surface area (Å²) in [4.78, 5) is 14.2. The molecule has 1 amide bonds. The number of halogens is 2. The van der Waals surface area contributed by atoms with Gasteiger partial charge in [0.15, 0.2) is 0 Å². The Morgan fingerprint density at radius 1 is 1.31 bits per heavy atom. The first-order chi connectivity index (χ1) is 11.9. The largest absolute Gasteiger partial charge is 0.356 e. The van der Waals surface area contributed by atoms with Crippen LogP contribution in [0.2, 0.25) is 0 Å². The highest BCUT2D eigenvalue weighted by Crippen LogP contribution is 2.49. The van der Waals surface area contributed by atoms with Crippen LogP contribution in [0.3, 0.4) is 0 Å². The smallest absolute Gasteiger partial charge is 0.223 e. The Labute approximate surface area is 156 Å². The summed E-state index contributed by atoms with van der Waals surface area (Å²) in [5.74, 6) is -0.366. The summed E-state index contributed by atoms with van der Waals surface area (Å²) < 4.78 is 29.4. The van der Waals surface area contributed by atoms with Gasteiger partial charge in [-0.1, -0.05) is 33.4 Å². The van der Waals surface area contributed by atoms with Gasteiger partial charge in [0, 0.05) is 24.6 Å². The lowest BCUT2D eigenvalue weighted by molar-refractivity contribution is -0.134. The summed E-state index contributed by atoms with van der Waals surface area (Å²) in [6.45, 7) is 7.24. The lowest BCUT2D eigenvalue weighted by atomic mass is 9.68. The molecule has 0 bridgehead atoms. The summed E-state index contributed by atoms with van der Waals surface area (Å²) in [5.41, 5.74) is -0.588. The van der Waals surface area contributed by atoms with E-state index in [4.69, 9.17) is 0 Å². The minimum Gasteiger partial charge on any atom is -0.356 e. The van der Waals surface area contributed by atoms with E-state index in [-0.39, 0.29) is 37.9 Å². The van der Waals surface area contributed by atoms with E-state index in [0.29, 0.717) is 30.1 Å². The first-order valence-corrected chi connectivity index (χ1v) is 9.35. The van der Waals surface area contributed by atoms with Crippen LogP contribution in [-0.4, -0.2) is 30.4 Å². The number of hydrogen-bond donors (Lipinski definition) is 1. The zero-order chi connectivity index (χ0) is 18.0. The standard InChI is InChI=1S/C20H28F2N2O.CH4/c1-14(2)12-23-19(25)16-10-20(22,11-16)17-6-5-15(18(21)9-17)13-24-7-3-4-8-24;/h5-6,9,14,16H,3-4,7-8,10-13H2,1-2H3,(H,23,25);1H4. The topological polar surface area (TPSA) is 32.3 Å². The van der Waals surface area contributed by atoms with Gasteiger partial charge in [-0.05, 0) is 56.3 Å². The number of hydrogen-bond acceptors (Lipinski definition) is 2. The van der Waals surface area contributed by atoms with Crippen LogP contribution in [0.1, 0.15) is 58.1 Å². The highest BCUT2D eigenvalue weighted by Gasteiger charge is 2.49. The van der Waals surface area contributed by atoms with Crippen LogP contribution in [0.4, 0.5) is 8.78 Å². The van der Waals surface area contributed by atoms with E-state index >= 15 is 4.39 Å². The fourth-order valence-corrected chi connectivity index (χ4v) is 3.73. The molecule has 1 aromatic carbocycles. The van der Waals surface area contributed by atoms with Gasteiger partial charge in [0.1, 0.15) is 11.5 Å². The number of nitrogens with one attached hydrogen (secondary N) is 1. The minimum atomic E-state index is -1.58. The van der Waals surface area contributed by atoms with E-state index in [1.54, 1.807) is 12.1 Å². The summed E-state index contributed by atoms with van der Waals surface area (Å²) in [5, 5.41) is 2.85. The summed E-state index contributed by atoms with van der Waals surface area (Å²) >= 11 is 0. The summed E-state index contributed by atoms with van der Waals surface area (Å²) in [6.07, 6.45) is 2.60. The second-order valence-electron chi connectivity index (χ2n) is 8.00. The molecule has 1 aromatic rings. The molecule has 1 aliphatic carbocycles. The number of benzene rings is 1. The Hall–Kier alpha value is -1.49. The van der Waals surface area contributed by atoms with Crippen molar-refractivity contribution in [1.82, 2.24) is 10.2 Å². The number of alkyl halides is 1. The highest BCUT2D eigenvalue weighted by molar-refractivity contribution is 5.80. The van der Waals surface area contributed by atoms with Crippen molar-refractivity contribution in [2.75, 3.05) is 19.6 Å². The van der Waals surface area contributed by atoms with Crippen molar-refractivity contribution in [2.24, 2.45) is 11.8 Å². The number of carbonyl (C=O) groups is 1. The van der Waals surface area contributed by atoms with Crippen molar-refractivity contribution >= 4 is 5.91 Å². The molecule has 0 aromatic heterocycles. The van der Waals surface area contributed by atoms with E-state index < -0.39 is 5.67 Å². The molecule has 3 nitrogen and oxygen atoms in total. The van der Waals surface area contributed by atoms with Crippen molar-refractivity contribution < 1.29 is 13.6 Å². The highest BCUT2D eigenvalue weighted by atomic mass is 19.1. The second kappa shape index (κ2) is 8.47. The van der Waals surface area contributed by atoms with Gasteiger partial charge in [0.05, 0.1) is 0 Å². The van der Waals surface area contributed by atoms with Crippen LogP contribution >= 0.6 is 0 Å². The van der Waals surface area contributed by atoms with Gasteiger partial charge in [-0.15, -0.1) is 0 Å². The van der Waals surface area contributed by atoms with E-state index in [2.05, 4.69) is 10.2 Å². The zero-order valence-corrected chi connectivity index (χ0v) is 15.2. The molecular formula is C21H32F2N2O. The molecule has 0 radical (unpaired) electrons. The maximum absolute atomic E-state index is 15.0.